The third kappa shape index (κ3) is 2.48. The number of anilines is 1. The van der Waals surface area contributed by atoms with Crippen LogP contribution in [0.2, 0.25) is 5.15 Å². The average molecular weight is 308 g/mol. The topological polar surface area (TPSA) is 46.3 Å². The molecule has 3 heterocycles. The van der Waals surface area contributed by atoms with Gasteiger partial charge < -0.3 is 4.90 Å². The summed E-state index contributed by atoms with van der Waals surface area (Å²) in [7, 11) is 0. The second kappa shape index (κ2) is 5.38. The predicted octanol–water partition coefficient (Wildman–Crippen LogP) is 3.25. The zero-order valence-corrected chi connectivity index (χ0v) is 12.8. The van der Waals surface area contributed by atoms with Crippen LogP contribution < -0.4 is 4.90 Å². The van der Waals surface area contributed by atoms with Crippen molar-refractivity contribution >= 4 is 34.5 Å². The minimum absolute atomic E-state index is 0.308. The van der Waals surface area contributed by atoms with Gasteiger partial charge in [0.15, 0.2) is 0 Å². The van der Waals surface area contributed by atoms with Crippen molar-refractivity contribution in [3.05, 3.63) is 39.9 Å². The molecule has 5 nitrogen and oxygen atoms in total. The van der Waals surface area contributed by atoms with Gasteiger partial charge in [-0.25, -0.2) is 0 Å². The third-order valence-electron chi connectivity index (χ3n) is 3.03. The first-order valence-electron chi connectivity index (χ1n) is 6.30. The van der Waals surface area contributed by atoms with Gasteiger partial charge in [0.05, 0.1) is 6.54 Å². The van der Waals surface area contributed by atoms with Gasteiger partial charge in [-0.3, -0.25) is 0 Å². The van der Waals surface area contributed by atoms with Gasteiger partial charge in [0, 0.05) is 17.0 Å². The Bertz CT molecular complexity index is 707. The Kier molecular flexibility index (Phi) is 3.58. The first-order chi connectivity index (χ1) is 9.65. The highest BCUT2D eigenvalue weighted by atomic mass is 35.5. The van der Waals surface area contributed by atoms with Gasteiger partial charge in [0.25, 0.3) is 5.78 Å². The quantitative estimate of drug-likeness (QED) is 0.694. The molecule has 0 aliphatic carbocycles. The van der Waals surface area contributed by atoms with Crippen LogP contribution in [0.3, 0.4) is 0 Å². The second-order valence-electron chi connectivity index (χ2n) is 4.71. The SMILES string of the molecule is CC(C)N(Cc1cccs1)c1cc(Cl)nc2ncnn12. The lowest BCUT2D eigenvalue weighted by Crippen LogP contribution is -2.31. The Morgan fingerprint density at radius 3 is 3.00 bits per heavy atom. The summed E-state index contributed by atoms with van der Waals surface area (Å²) in [6.45, 7) is 5.10. The molecule has 0 atom stereocenters. The summed E-state index contributed by atoms with van der Waals surface area (Å²) in [4.78, 5) is 11.8. The molecular weight excluding hydrogens is 294 g/mol. The Hall–Kier alpha value is -1.66. The van der Waals surface area contributed by atoms with Gasteiger partial charge in [-0.05, 0) is 25.3 Å². The maximum atomic E-state index is 6.10. The van der Waals surface area contributed by atoms with Crippen molar-refractivity contribution in [1.82, 2.24) is 19.6 Å². The molecule has 0 bridgehead atoms. The number of hydrogen-bond acceptors (Lipinski definition) is 5. The fraction of sp³-hybridized carbons (Fsp3) is 0.308. The maximum absolute atomic E-state index is 6.10. The van der Waals surface area contributed by atoms with E-state index in [2.05, 4.69) is 51.3 Å². The van der Waals surface area contributed by atoms with Crippen molar-refractivity contribution in [2.75, 3.05) is 4.90 Å². The number of hydrogen-bond donors (Lipinski definition) is 0. The molecule has 0 amide bonds. The summed E-state index contributed by atoms with van der Waals surface area (Å²) >= 11 is 7.83. The molecule has 0 aliphatic rings. The summed E-state index contributed by atoms with van der Waals surface area (Å²) in [6, 6.07) is 6.32. The molecule has 0 aromatic carbocycles. The number of nitrogens with zero attached hydrogens (tertiary/aromatic N) is 5. The van der Waals surface area contributed by atoms with Crippen LogP contribution in [0.15, 0.2) is 29.9 Å². The van der Waals surface area contributed by atoms with E-state index in [9.17, 15) is 0 Å². The Morgan fingerprint density at radius 2 is 2.30 bits per heavy atom. The highest BCUT2D eigenvalue weighted by Crippen LogP contribution is 2.24. The predicted molar refractivity (Wildman–Crippen MR) is 81.4 cm³/mol. The van der Waals surface area contributed by atoms with Crippen LogP contribution in [0.1, 0.15) is 18.7 Å². The first-order valence-corrected chi connectivity index (χ1v) is 7.56. The lowest BCUT2D eigenvalue weighted by molar-refractivity contribution is 0.662. The highest BCUT2D eigenvalue weighted by Gasteiger charge is 2.17. The van der Waals surface area contributed by atoms with Gasteiger partial charge in [-0.2, -0.15) is 19.6 Å². The van der Waals surface area contributed by atoms with Crippen molar-refractivity contribution in [3.8, 4) is 0 Å². The van der Waals surface area contributed by atoms with Gasteiger partial charge in [-0.15, -0.1) is 11.3 Å². The highest BCUT2D eigenvalue weighted by molar-refractivity contribution is 7.09. The molecule has 0 saturated heterocycles. The van der Waals surface area contributed by atoms with E-state index in [0.29, 0.717) is 17.0 Å². The zero-order valence-electron chi connectivity index (χ0n) is 11.2. The summed E-state index contributed by atoms with van der Waals surface area (Å²) in [5.41, 5.74) is 0. The van der Waals surface area contributed by atoms with Crippen LogP contribution in [0, 0.1) is 0 Å². The number of thiophene rings is 1. The van der Waals surface area contributed by atoms with Crippen molar-refractivity contribution in [1.29, 1.82) is 0 Å². The second-order valence-corrected chi connectivity index (χ2v) is 6.13. The molecule has 0 aliphatic heterocycles. The van der Waals surface area contributed by atoms with E-state index in [0.717, 1.165) is 12.4 Å². The molecular formula is C13H14ClN5S. The number of halogens is 1. The van der Waals surface area contributed by atoms with E-state index < -0.39 is 0 Å². The van der Waals surface area contributed by atoms with Crippen molar-refractivity contribution in [2.24, 2.45) is 0 Å². The van der Waals surface area contributed by atoms with Crippen molar-refractivity contribution in [2.45, 2.75) is 26.4 Å². The lowest BCUT2D eigenvalue weighted by atomic mass is 10.3. The van der Waals surface area contributed by atoms with Gasteiger partial charge >= 0.3 is 0 Å². The standard InChI is InChI=1S/C13H14ClN5S/c1-9(2)18(7-10-4-3-5-20-10)12-6-11(14)17-13-15-8-16-19(12)13/h3-6,8-9H,7H2,1-2H3. The van der Waals surface area contributed by atoms with Crippen LogP contribution in [0.25, 0.3) is 5.78 Å². The summed E-state index contributed by atoms with van der Waals surface area (Å²) in [6.07, 6.45) is 1.49. The summed E-state index contributed by atoms with van der Waals surface area (Å²) < 4.78 is 1.72. The van der Waals surface area contributed by atoms with Crippen LogP contribution >= 0.6 is 22.9 Å². The number of fused-ring (bicyclic) bond motifs is 1. The largest absolute Gasteiger partial charge is 0.349 e. The van der Waals surface area contributed by atoms with E-state index in [4.69, 9.17) is 11.6 Å². The molecule has 0 saturated carbocycles. The van der Waals surface area contributed by atoms with E-state index in [1.807, 2.05) is 6.07 Å². The normalized spacial score (nSPS) is 11.4. The van der Waals surface area contributed by atoms with Crippen molar-refractivity contribution in [3.63, 3.8) is 0 Å². The van der Waals surface area contributed by atoms with Crippen LogP contribution in [0.4, 0.5) is 5.82 Å². The van der Waals surface area contributed by atoms with E-state index in [-0.39, 0.29) is 0 Å². The average Bonchev–Trinajstić information content (AvgIpc) is 3.05. The van der Waals surface area contributed by atoms with Crippen LogP contribution in [-0.4, -0.2) is 25.6 Å². The van der Waals surface area contributed by atoms with Crippen molar-refractivity contribution < 1.29 is 0 Å². The molecule has 7 heteroatoms. The third-order valence-corrected chi connectivity index (χ3v) is 4.08. The molecule has 3 rings (SSSR count). The monoisotopic (exact) mass is 307 g/mol. The van der Waals surface area contributed by atoms with Gasteiger partial charge in [-0.1, -0.05) is 17.7 Å². The fourth-order valence-electron chi connectivity index (χ4n) is 2.07. The number of rotatable bonds is 4. The summed E-state index contributed by atoms with van der Waals surface area (Å²) in [5.74, 6) is 1.42. The molecule has 3 aromatic heterocycles. The fourth-order valence-corrected chi connectivity index (χ4v) is 2.95. The zero-order chi connectivity index (χ0) is 14.1. The maximum Gasteiger partial charge on any atom is 0.255 e. The first kappa shape index (κ1) is 13.3. The van der Waals surface area contributed by atoms with Crippen LogP contribution in [0.5, 0.6) is 0 Å². The molecule has 0 unspecified atom stereocenters. The Balaban J connectivity index is 2.07. The van der Waals surface area contributed by atoms with E-state index in [1.165, 1.54) is 11.2 Å². The molecule has 3 aromatic rings. The molecule has 0 radical (unpaired) electrons. The van der Waals surface area contributed by atoms with E-state index >= 15 is 0 Å². The van der Waals surface area contributed by atoms with Gasteiger partial charge in [0.1, 0.15) is 17.3 Å². The molecule has 0 N–H and O–H groups in total. The molecule has 0 spiro atoms. The smallest absolute Gasteiger partial charge is 0.255 e. The van der Waals surface area contributed by atoms with E-state index in [1.54, 1.807) is 15.9 Å². The lowest BCUT2D eigenvalue weighted by Gasteiger charge is -2.28. The minimum Gasteiger partial charge on any atom is -0.349 e. The van der Waals surface area contributed by atoms with Gasteiger partial charge in [0.2, 0.25) is 0 Å². The number of aromatic nitrogens is 4. The molecule has 20 heavy (non-hydrogen) atoms. The molecule has 0 fully saturated rings. The Labute approximate surface area is 125 Å². The van der Waals surface area contributed by atoms with Crippen LogP contribution in [-0.2, 0) is 6.54 Å². The molecule has 104 valence electrons. The Morgan fingerprint density at radius 1 is 1.45 bits per heavy atom. The summed E-state index contributed by atoms with van der Waals surface area (Å²) in [5, 5.41) is 6.75. The minimum atomic E-state index is 0.308.